The van der Waals surface area contributed by atoms with E-state index in [1.807, 2.05) is 0 Å². The highest BCUT2D eigenvalue weighted by atomic mass is 32.2. The highest BCUT2D eigenvalue weighted by molar-refractivity contribution is 7.89. The molecule has 7 nitrogen and oxygen atoms in total. The van der Waals surface area contributed by atoms with E-state index < -0.39 is 10.0 Å². The van der Waals surface area contributed by atoms with E-state index in [9.17, 15) is 13.2 Å². The molecular formula is C12H19N3O4S2. The maximum Gasteiger partial charge on any atom is 0.315 e. The molecule has 0 aliphatic heterocycles. The summed E-state index contributed by atoms with van der Waals surface area (Å²) in [5, 5.41) is 3.65. The number of sulfonamides is 1. The molecule has 1 heterocycles. The Kier molecular flexibility index (Phi) is 5.17. The number of ether oxygens (including phenoxy) is 1. The predicted molar refractivity (Wildman–Crippen MR) is 81.1 cm³/mol. The monoisotopic (exact) mass is 333 g/mol. The third-order valence-electron chi connectivity index (χ3n) is 3.25. The number of thiazole rings is 1. The first-order valence-electron chi connectivity index (χ1n) is 6.78. The molecule has 118 valence electrons. The van der Waals surface area contributed by atoms with Crippen LogP contribution in [0.15, 0.2) is 0 Å². The van der Waals surface area contributed by atoms with Crippen LogP contribution in [0.1, 0.15) is 29.8 Å². The van der Waals surface area contributed by atoms with Crippen molar-refractivity contribution in [2.75, 3.05) is 31.3 Å². The van der Waals surface area contributed by atoms with Gasteiger partial charge in [0.25, 0.3) is 0 Å². The normalized spacial score (nSPS) is 17.5. The molecular weight excluding hydrogens is 314 g/mol. The summed E-state index contributed by atoms with van der Waals surface area (Å²) in [5.74, 6) is -0.534. The number of nitrogens with one attached hydrogen (secondary N) is 2. The Bertz CT molecular complexity index is 612. The third kappa shape index (κ3) is 3.92. The molecule has 0 bridgehead atoms. The number of carbonyl (C=O) groups is 1. The van der Waals surface area contributed by atoms with Crippen molar-refractivity contribution < 1.29 is 17.9 Å². The van der Waals surface area contributed by atoms with Crippen LogP contribution in [0.4, 0.5) is 5.13 Å². The molecule has 0 saturated carbocycles. The molecule has 1 unspecified atom stereocenters. The summed E-state index contributed by atoms with van der Waals surface area (Å²) in [5.41, 5.74) is 0.775. The van der Waals surface area contributed by atoms with Gasteiger partial charge in [-0.15, -0.1) is 11.3 Å². The minimum absolute atomic E-state index is 0.0188. The van der Waals surface area contributed by atoms with Crippen molar-refractivity contribution in [3.63, 3.8) is 0 Å². The number of rotatable bonds is 7. The molecule has 0 amide bonds. The summed E-state index contributed by atoms with van der Waals surface area (Å²) < 4.78 is 29.9. The Labute approximate surface area is 128 Å². The quantitative estimate of drug-likeness (QED) is 0.713. The van der Waals surface area contributed by atoms with E-state index in [2.05, 4.69) is 15.0 Å². The highest BCUT2D eigenvalue weighted by Gasteiger charge is 2.33. The number of esters is 1. The summed E-state index contributed by atoms with van der Waals surface area (Å²) in [6.45, 7) is 2.42. The van der Waals surface area contributed by atoms with Crippen molar-refractivity contribution in [2.24, 2.45) is 0 Å². The lowest BCUT2D eigenvalue weighted by atomic mass is 10.1. The number of hydrogen-bond acceptors (Lipinski definition) is 7. The minimum Gasteiger partial charge on any atom is -0.465 e. The lowest BCUT2D eigenvalue weighted by Crippen LogP contribution is -2.26. The van der Waals surface area contributed by atoms with Crippen LogP contribution in [0.25, 0.3) is 0 Å². The van der Waals surface area contributed by atoms with E-state index in [0.717, 1.165) is 23.4 Å². The van der Waals surface area contributed by atoms with Crippen molar-refractivity contribution in [1.29, 1.82) is 0 Å². The average Bonchev–Trinajstić information content (AvgIpc) is 2.98. The lowest BCUT2D eigenvalue weighted by molar-refractivity contribution is -0.145. The largest absolute Gasteiger partial charge is 0.465 e. The van der Waals surface area contributed by atoms with Gasteiger partial charge in [-0.3, -0.25) is 4.79 Å². The van der Waals surface area contributed by atoms with Crippen LogP contribution in [0.2, 0.25) is 0 Å². The zero-order valence-electron chi connectivity index (χ0n) is 12.0. The average molecular weight is 333 g/mol. The molecule has 0 saturated heterocycles. The molecule has 1 atom stereocenters. The topological polar surface area (TPSA) is 97.4 Å². The number of nitrogens with zero attached hydrogens (tertiary/aromatic N) is 1. The van der Waals surface area contributed by atoms with Gasteiger partial charge in [0.15, 0.2) is 5.13 Å². The van der Waals surface area contributed by atoms with E-state index in [0.29, 0.717) is 11.7 Å². The van der Waals surface area contributed by atoms with Gasteiger partial charge in [-0.2, -0.15) is 0 Å². The molecule has 0 fully saturated rings. The van der Waals surface area contributed by atoms with Crippen LogP contribution in [-0.2, 0) is 26.0 Å². The van der Waals surface area contributed by atoms with Gasteiger partial charge < -0.3 is 10.1 Å². The standard InChI is InChI=1S/C12H19N3O4S2/c1-3-19-11(16)8-4-5-9-10(8)15-12(20-9)14-6-7-21(17,18)13-2/h8,13H,3-7H2,1-2H3,(H,14,15). The van der Waals surface area contributed by atoms with Gasteiger partial charge in [-0.1, -0.05) is 0 Å². The number of aryl methyl sites for hydroxylation is 1. The van der Waals surface area contributed by atoms with Crippen LogP contribution in [-0.4, -0.2) is 45.3 Å². The molecule has 1 aromatic heterocycles. The SMILES string of the molecule is CCOC(=O)C1CCc2sc(NCCS(=O)(=O)NC)nc21. The minimum atomic E-state index is -3.23. The van der Waals surface area contributed by atoms with Crippen LogP contribution >= 0.6 is 11.3 Å². The molecule has 9 heteroatoms. The van der Waals surface area contributed by atoms with E-state index in [1.165, 1.54) is 18.4 Å². The maximum atomic E-state index is 11.8. The Morgan fingerprint density at radius 2 is 2.29 bits per heavy atom. The van der Waals surface area contributed by atoms with E-state index in [1.54, 1.807) is 6.92 Å². The van der Waals surface area contributed by atoms with Gasteiger partial charge in [0.2, 0.25) is 10.0 Å². The van der Waals surface area contributed by atoms with Gasteiger partial charge in [-0.25, -0.2) is 18.1 Å². The lowest BCUT2D eigenvalue weighted by Gasteiger charge is -2.08. The zero-order chi connectivity index (χ0) is 15.5. The van der Waals surface area contributed by atoms with Gasteiger partial charge in [0.05, 0.1) is 18.1 Å². The second kappa shape index (κ2) is 6.71. The van der Waals surface area contributed by atoms with Crippen molar-refractivity contribution >= 4 is 32.5 Å². The molecule has 2 rings (SSSR count). The van der Waals surface area contributed by atoms with E-state index >= 15 is 0 Å². The number of anilines is 1. The van der Waals surface area contributed by atoms with Gasteiger partial charge in [0.1, 0.15) is 5.92 Å². The first-order valence-corrected chi connectivity index (χ1v) is 9.25. The van der Waals surface area contributed by atoms with Crippen molar-refractivity contribution in [2.45, 2.75) is 25.7 Å². The molecule has 0 radical (unpaired) electrons. The second-order valence-electron chi connectivity index (χ2n) is 4.62. The number of carbonyl (C=O) groups excluding carboxylic acids is 1. The Morgan fingerprint density at radius 1 is 1.52 bits per heavy atom. The molecule has 1 aromatic rings. The van der Waals surface area contributed by atoms with Gasteiger partial charge in [0, 0.05) is 11.4 Å². The van der Waals surface area contributed by atoms with Gasteiger partial charge >= 0.3 is 5.97 Å². The summed E-state index contributed by atoms with van der Waals surface area (Å²) >= 11 is 1.47. The highest BCUT2D eigenvalue weighted by Crippen LogP contribution is 2.38. The number of aromatic nitrogens is 1. The summed E-state index contributed by atoms with van der Waals surface area (Å²) in [4.78, 5) is 17.3. The van der Waals surface area contributed by atoms with E-state index in [4.69, 9.17) is 4.74 Å². The Morgan fingerprint density at radius 3 is 2.95 bits per heavy atom. The fourth-order valence-corrected chi connectivity index (χ4v) is 3.81. The maximum absolute atomic E-state index is 11.8. The number of hydrogen-bond donors (Lipinski definition) is 2. The summed E-state index contributed by atoms with van der Waals surface area (Å²) in [6, 6.07) is 0. The van der Waals surface area contributed by atoms with Crippen molar-refractivity contribution in [1.82, 2.24) is 9.71 Å². The van der Waals surface area contributed by atoms with Crippen LogP contribution in [0, 0.1) is 0 Å². The predicted octanol–water partition coefficient (Wildman–Crippen LogP) is 0.697. The molecule has 21 heavy (non-hydrogen) atoms. The first kappa shape index (κ1) is 16.2. The van der Waals surface area contributed by atoms with Crippen molar-refractivity contribution in [3.05, 3.63) is 10.6 Å². The summed E-state index contributed by atoms with van der Waals surface area (Å²) in [7, 11) is -1.84. The van der Waals surface area contributed by atoms with Gasteiger partial charge in [-0.05, 0) is 26.8 Å². The fraction of sp³-hybridized carbons (Fsp3) is 0.667. The number of fused-ring (bicyclic) bond motifs is 1. The molecule has 0 aromatic carbocycles. The molecule has 1 aliphatic carbocycles. The fourth-order valence-electron chi connectivity index (χ4n) is 2.17. The Hall–Kier alpha value is -1.19. The van der Waals surface area contributed by atoms with Crippen LogP contribution in [0.5, 0.6) is 0 Å². The van der Waals surface area contributed by atoms with Crippen LogP contribution in [0.3, 0.4) is 0 Å². The van der Waals surface area contributed by atoms with Crippen molar-refractivity contribution in [3.8, 4) is 0 Å². The molecule has 2 N–H and O–H groups in total. The molecule has 0 spiro atoms. The zero-order valence-corrected chi connectivity index (χ0v) is 13.6. The van der Waals surface area contributed by atoms with E-state index in [-0.39, 0.29) is 24.2 Å². The Balaban J connectivity index is 1.97. The van der Waals surface area contributed by atoms with Crippen LogP contribution < -0.4 is 10.0 Å². The molecule has 1 aliphatic rings. The summed E-state index contributed by atoms with van der Waals surface area (Å²) in [6.07, 6.45) is 1.55. The third-order valence-corrected chi connectivity index (χ3v) is 5.70. The first-order chi connectivity index (χ1) is 9.96. The second-order valence-corrected chi connectivity index (χ2v) is 7.75. The smallest absolute Gasteiger partial charge is 0.315 e.